The molecular weight excluding hydrogens is 248 g/mol. The summed E-state index contributed by atoms with van der Waals surface area (Å²) in [5, 5.41) is 2.96. The highest BCUT2D eigenvalue weighted by Crippen LogP contribution is 2.10. The molecule has 3 N–H and O–H groups in total. The fourth-order valence-electron chi connectivity index (χ4n) is 1.39. The van der Waals surface area contributed by atoms with E-state index in [1.54, 1.807) is 6.20 Å². The smallest absolute Gasteiger partial charge is 0.323 e. The zero-order valence-electron chi connectivity index (χ0n) is 10.9. The van der Waals surface area contributed by atoms with Gasteiger partial charge in [0.1, 0.15) is 5.76 Å². The van der Waals surface area contributed by atoms with Gasteiger partial charge in [0, 0.05) is 6.42 Å². The quantitative estimate of drug-likeness (QED) is 0.795. The van der Waals surface area contributed by atoms with E-state index in [4.69, 9.17) is 14.9 Å². The topological polar surface area (TPSA) is 112 Å². The number of nitrogen functional groups attached to an aromatic ring is 1. The lowest BCUT2D eigenvalue weighted by Gasteiger charge is -2.05. The Labute approximate surface area is 110 Å². The summed E-state index contributed by atoms with van der Waals surface area (Å²) in [6, 6.07) is 0.194. The summed E-state index contributed by atoms with van der Waals surface area (Å²) in [5.74, 6) is 1.82. The van der Waals surface area contributed by atoms with E-state index in [1.807, 2.05) is 13.8 Å². The fourth-order valence-corrected chi connectivity index (χ4v) is 1.39. The number of anilines is 2. The van der Waals surface area contributed by atoms with Crippen LogP contribution in [0.1, 0.15) is 25.5 Å². The summed E-state index contributed by atoms with van der Waals surface area (Å²) in [6.45, 7) is 4.67. The van der Waals surface area contributed by atoms with Gasteiger partial charge in [-0.2, -0.15) is 15.0 Å². The second kappa shape index (κ2) is 5.98. The largest absolute Gasteiger partial charge is 0.464 e. The minimum absolute atomic E-state index is 0.0996. The Morgan fingerprint density at radius 1 is 1.32 bits per heavy atom. The summed E-state index contributed by atoms with van der Waals surface area (Å²) in [7, 11) is 0. The lowest BCUT2D eigenvalue weighted by Crippen LogP contribution is -2.09. The van der Waals surface area contributed by atoms with Gasteiger partial charge in [-0.05, 0) is 6.92 Å². The highest BCUT2D eigenvalue weighted by molar-refractivity contribution is 5.32. The summed E-state index contributed by atoms with van der Waals surface area (Å²) in [6.07, 6.45) is 2.50. The van der Waals surface area contributed by atoms with Crippen LogP contribution >= 0.6 is 0 Å². The monoisotopic (exact) mass is 264 g/mol. The molecule has 2 heterocycles. The van der Waals surface area contributed by atoms with Crippen molar-refractivity contribution in [3.8, 4) is 6.01 Å². The van der Waals surface area contributed by atoms with Gasteiger partial charge in [-0.25, -0.2) is 4.98 Å². The van der Waals surface area contributed by atoms with Crippen LogP contribution in [0.25, 0.3) is 0 Å². The number of rotatable bonds is 6. The molecule has 0 aromatic carbocycles. The first-order chi connectivity index (χ1) is 9.21. The van der Waals surface area contributed by atoms with E-state index in [1.165, 1.54) is 0 Å². The Morgan fingerprint density at radius 2 is 2.16 bits per heavy atom. The standard InChI is InChI=1S/C11H16N6O2/c1-3-7-5-13-8(19-7)6-14-10-15-9(12)16-11(17-10)18-4-2/h5H,3-4,6H2,1-2H3,(H3,12,14,15,16,17). The number of nitrogens with one attached hydrogen (secondary N) is 1. The number of nitrogens with zero attached hydrogens (tertiary/aromatic N) is 4. The third-order valence-electron chi connectivity index (χ3n) is 2.25. The average Bonchev–Trinajstić information content (AvgIpc) is 2.84. The maximum atomic E-state index is 5.56. The molecule has 0 amide bonds. The lowest BCUT2D eigenvalue weighted by molar-refractivity contribution is 0.312. The first-order valence-corrected chi connectivity index (χ1v) is 6.03. The van der Waals surface area contributed by atoms with Crippen LogP contribution in [-0.4, -0.2) is 26.5 Å². The van der Waals surface area contributed by atoms with Gasteiger partial charge in [0.05, 0.1) is 19.3 Å². The molecular formula is C11H16N6O2. The van der Waals surface area contributed by atoms with Crippen LogP contribution in [0.4, 0.5) is 11.9 Å². The Bertz CT molecular complexity index is 542. The van der Waals surface area contributed by atoms with Crippen molar-refractivity contribution >= 4 is 11.9 Å². The molecule has 19 heavy (non-hydrogen) atoms. The summed E-state index contributed by atoms with van der Waals surface area (Å²) < 4.78 is 10.6. The third-order valence-corrected chi connectivity index (χ3v) is 2.25. The van der Waals surface area contributed by atoms with Crippen molar-refractivity contribution in [2.75, 3.05) is 17.7 Å². The zero-order chi connectivity index (χ0) is 13.7. The normalized spacial score (nSPS) is 10.4. The van der Waals surface area contributed by atoms with E-state index in [9.17, 15) is 0 Å². The summed E-state index contributed by atoms with van der Waals surface area (Å²) >= 11 is 0. The molecule has 0 spiro atoms. The van der Waals surface area contributed by atoms with Crippen molar-refractivity contribution in [3.63, 3.8) is 0 Å². The lowest BCUT2D eigenvalue weighted by atomic mass is 10.4. The summed E-state index contributed by atoms with van der Waals surface area (Å²) in [5.41, 5.74) is 5.56. The number of aryl methyl sites for hydroxylation is 1. The SMILES string of the molecule is CCOc1nc(N)nc(NCc2ncc(CC)o2)n1. The van der Waals surface area contributed by atoms with E-state index >= 15 is 0 Å². The molecule has 8 heteroatoms. The van der Waals surface area contributed by atoms with Crippen molar-refractivity contribution < 1.29 is 9.15 Å². The van der Waals surface area contributed by atoms with E-state index in [0.717, 1.165) is 12.2 Å². The molecule has 0 bridgehead atoms. The Morgan fingerprint density at radius 3 is 2.84 bits per heavy atom. The van der Waals surface area contributed by atoms with Crippen LogP contribution in [0.15, 0.2) is 10.6 Å². The number of aromatic nitrogens is 4. The van der Waals surface area contributed by atoms with Gasteiger partial charge in [-0.15, -0.1) is 0 Å². The van der Waals surface area contributed by atoms with Gasteiger partial charge in [0.2, 0.25) is 17.8 Å². The highest BCUT2D eigenvalue weighted by Gasteiger charge is 2.07. The van der Waals surface area contributed by atoms with Gasteiger partial charge in [0.15, 0.2) is 0 Å². The van der Waals surface area contributed by atoms with Crippen LogP contribution in [0, 0.1) is 0 Å². The maximum absolute atomic E-state index is 5.56. The fraction of sp³-hybridized carbons (Fsp3) is 0.455. The van der Waals surface area contributed by atoms with Crippen molar-refractivity contribution in [3.05, 3.63) is 17.8 Å². The zero-order valence-corrected chi connectivity index (χ0v) is 10.9. The van der Waals surface area contributed by atoms with Crippen LogP contribution < -0.4 is 15.8 Å². The molecule has 2 aromatic heterocycles. The van der Waals surface area contributed by atoms with Gasteiger partial charge in [0.25, 0.3) is 0 Å². The number of oxazole rings is 1. The third kappa shape index (κ3) is 3.54. The molecule has 2 aromatic rings. The molecule has 0 saturated carbocycles. The minimum atomic E-state index is 0.0996. The summed E-state index contributed by atoms with van der Waals surface area (Å²) in [4.78, 5) is 16.0. The molecule has 0 aliphatic rings. The van der Waals surface area contributed by atoms with Crippen molar-refractivity contribution in [2.24, 2.45) is 0 Å². The molecule has 0 fully saturated rings. The Balaban J connectivity index is 2.02. The Hall–Kier alpha value is -2.38. The molecule has 0 atom stereocenters. The van der Waals surface area contributed by atoms with E-state index in [-0.39, 0.29) is 12.0 Å². The van der Waals surface area contributed by atoms with Crippen molar-refractivity contribution in [2.45, 2.75) is 26.8 Å². The molecule has 0 aliphatic carbocycles. The van der Waals surface area contributed by atoms with Crippen LogP contribution in [0.2, 0.25) is 0 Å². The first kappa shape index (κ1) is 13.1. The van der Waals surface area contributed by atoms with Crippen molar-refractivity contribution in [1.82, 2.24) is 19.9 Å². The van der Waals surface area contributed by atoms with Gasteiger partial charge in [-0.3, -0.25) is 0 Å². The maximum Gasteiger partial charge on any atom is 0.323 e. The van der Waals surface area contributed by atoms with E-state index in [0.29, 0.717) is 25.0 Å². The number of hydrogen-bond acceptors (Lipinski definition) is 8. The predicted octanol–water partition coefficient (Wildman–Crippen LogP) is 1.01. The molecule has 0 radical (unpaired) electrons. The minimum Gasteiger partial charge on any atom is -0.464 e. The molecule has 0 unspecified atom stereocenters. The van der Waals surface area contributed by atoms with Crippen LogP contribution in [0.5, 0.6) is 6.01 Å². The molecule has 0 aliphatic heterocycles. The average molecular weight is 264 g/mol. The molecule has 102 valence electrons. The second-order valence-electron chi connectivity index (χ2n) is 3.66. The predicted molar refractivity (Wildman–Crippen MR) is 68.6 cm³/mol. The number of hydrogen-bond donors (Lipinski definition) is 2. The highest BCUT2D eigenvalue weighted by atomic mass is 16.5. The molecule has 8 nitrogen and oxygen atoms in total. The molecule has 2 rings (SSSR count). The Kier molecular flexibility index (Phi) is 4.11. The number of ether oxygens (including phenoxy) is 1. The van der Waals surface area contributed by atoms with E-state index < -0.39 is 0 Å². The van der Waals surface area contributed by atoms with Gasteiger partial charge >= 0.3 is 6.01 Å². The van der Waals surface area contributed by atoms with Crippen LogP contribution in [0.3, 0.4) is 0 Å². The van der Waals surface area contributed by atoms with Gasteiger partial charge < -0.3 is 20.2 Å². The van der Waals surface area contributed by atoms with Crippen LogP contribution in [-0.2, 0) is 13.0 Å². The number of nitrogens with two attached hydrogens (primary N) is 1. The molecule has 0 saturated heterocycles. The van der Waals surface area contributed by atoms with Gasteiger partial charge in [-0.1, -0.05) is 6.92 Å². The first-order valence-electron chi connectivity index (χ1n) is 6.03. The van der Waals surface area contributed by atoms with Crippen molar-refractivity contribution in [1.29, 1.82) is 0 Å². The second-order valence-corrected chi connectivity index (χ2v) is 3.66. The van der Waals surface area contributed by atoms with E-state index in [2.05, 4.69) is 25.3 Å².